The molecule has 5 heteroatoms. The fourth-order valence-electron chi connectivity index (χ4n) is 2.72. The van der Waals surface area contributed by atoms with E-state index >= 15 is 0 Å². The molecule has 2 atom stereocenters. The molecule has 1 aliphatic rings. The molecule has 0 amide bonds. The maximum Gasteiger partial charge on any atom is 0.162 e. The molecule has 1 aliphatic carbocycles. The van der Waals surface area contributed by atoms with E-state index < -0.39 is 0 Å². The lowest BCUT2D eigenvalue weighted by atomic mass is 9.95. The number of ether oxygens (including phenoxy) is 1. The van der Waals surface area contributed by atoms with E-state index in [9.17, 15) is 5.11 Å². The predicted molar refractivity (Wildman–Crippen MR) is 86.1 cm³/mol. The van der Waals surface area contributed by atoms with Gasteiger partial charge in [0.1, 0.15) is 0 Å². The van der Waals surface area contributed by atoms with Crippen molar-refractivity contribution in [3.8, 4) is 11.5 Å². The van der Waals surface area contributed by atoms with Gasteiger partial charge in [-0.25, -0.2) is 0 Å². The molecular formula is C15H22ClNO2S. The van der Waals surface area contributed by atoms with Gasteiger partial charge in [-0.2, -0.15) is 11.8 Å². The zero-order chi connectivity index (χ0) is 14.5. The van der Waals surface area contributed by atoms with Crippen LogP contribution in [0.15, 0.2) is 12.1 Å². The molecule has 1 saturated carbocycles. The second kappa shape index (κ2) is 7.43. The third-order valence-electron chi connectivity index (χ3n) is 3.88. The predicted octanol–water partition coefficient (Wildman–Crippen LogP) is 3.82. The molecule has 1 aromatic rings. The standard InChI is InChI=1S/C15H22ClNO2S/c1-19-14-7-11(16)6-10(15(14)18)9-17-12-4-3-5-13(8-12)20-2/h6-7,12-13,17-18H,3-5,8-9H2,1-2H3. The summed E-state index contributed by atoms with van der Waals surface area (Å²) in [5.41, 5.74) is 0.792. The van der Waals surface area contributed by atoms with E-state index in [2.05, 4.69) is 11.6 Å². The minimum atomic E-state index is 0.182. The minimum Gasteiger partial charge on any atom is -0.504 e. The molecule has 0 spiro atoms. The lowest BCUT2D eigenvalue weighted by molar-refractivity contribution is 0.359. The minimum absolute atomic E-state index is 0.182. The quantitative estimate of drug-likeness (QED) is 0.867. The Morgan fingerprint density at radius 1 is 1.45 bits per heavy atom. The number of aromatic hydroxyl groups is 1. The van der Waals surface area contributed by atoms with E-state index in [0.717, 1.165) is 10.8 Å². The number of thioether (sulfide) groups is 1. The summed E-state index contributed by atoms with van der Waals surface area (Å²) in [6.07, 6.45) is 7.17. The van der Waals surface area contributed by atoms with Crippen molar-refractivity contribution >= 4 is 23.4 Å². The fraction of sp³-hybridized carbons (Fsp3) is 0.600. The molecule has 0 aliphatic heterocycles. The highest BCUT2D eigenvalue weighted by molar-refractivity contribution is 7.99. The fourth-order valence-corrected chi connectivity index (χ4v) is 3.78. The Hall–Kier alpha value is -0.580. The van der Waals surface area contributed by atoms with Crippen LogP contribution in [0.4, 0.5) is 0 Å². The van der Waals surface area contributed by atoms with Gasteiger partial charge in [0.05, 0.1) is 7.11 Å². The Morgan fingerprint density at radius 2 is 2.25 bits per heavy atom. The summed E-state index contributed by atoms with van der Waals surface area (Å²) in [5.74, 6) is 0.613. The van der Waals surface area contributed by atoms with Crippen LogP contribution in [0.3, 0.4) is 0 Å². The molecule has 20 heavy (non-hydrogen) atoms. The smallest absolute Gasteiger partial charge is 0.162 e. The normalized spacial score (nSPS) is 22.8. The van der Waals surface area contributed by atoms with Gasteiger partial charge in [-0.15, -0.1) is 0 Å². The average molecular weight is 316 g/mol. The van der Waals surface area contributed by atoms with Gasteiger partial charge in [0.25, 0.3) is 0 Å². The Balaban J connectivity index is 1.98. The average Bonchev–Trinajstić information content (AvgIpc) is 2.48. The van der Waals surface area contributed by atoms with Crippen molar-refractivity contribution in [1.29, 1.82) is 0 Å². The van der Waals surface area contributed by atoms with Gasteiger partial charge in [-0.1, -0.05) is 18.0 Å². The van der Waals surface area contributed by atoms with Crippen LogP contribution < -0.4 is 10.1 Å². The van der Waals surface area contributed by atoms with Gasteiger partial charge >= 0.3 is 0 Å². The molecule has 2 N–H and O–H groups in total. The highest BCUT2D eigenvalue weighted by Crippen LogP contribution is 2.34. The third kappa shape index (κ3) is 3.96. The molecule has 112 valence electrons. The number of methoxy groups -OCH3 is 1. The molecule has 1 aromatic carbocycles. The molecule has 0 radical (unpaired) electrons. The molecule has 0 heterocycles. The first-order chi connectivity index (χ1) is 9.63. The summed E-state index contributed by atoms with van der Waals surface area (Å²) in [6, 6.07) is 3.94. The summed E-state index contributed by atoms with van der Waals surface area (Å²) in [6.45, 7) is 0.620. The molecular weight excluding hydrogens is 294 g/mol. The van der Waals surface area contributed by atoms with Crippen molar-refractivity contribution in [1.82, 2.24) is 5.32 Å². The van der Waals surface area contributed by atoms with E-state index in [1.165, 1.54) is 32.8 Å². The largest absolute Gasteiger partial charge is 0.504 e. The van der Waals surface area contributed by atoms with Gasteiger partial charge in [0.2, 0.25) is 0 Å². The van der Waals surface area contributed by atoms with E-state index in [0.29, 0.717) is 23.4 Å². The van der Waals surface area contributed by atoms with Gasteiger partial charge in [0.15, 0.2) is 11.5 Å². The van der Waals surface area contributed by atoms with Crippen LogP contribution in [0.5, 0.6) is 11.5 Å². The van der Waals surface area contributed by atoms with Gasteiger partial charge in [-0.3, -0.25) is 0 Å². The zero-order valence-corrected chi connectivity index (χ0v) is 13.6. The number of benzene rings is 1. The number of phenolic OH excluding ortho intramolecular Hbond substituents is 1. The lowest BCUT2D eigenvalue weighted by Crippen LogP contribution is -2.34. The summed E-state index contributed by atoms with van der Waals surface area (Å²) < 4.78 is 5.13. The first kappa shape index (κ1) is 15.8. The number of nitrogens with one attached hydrogen (secondary N) is 1. The Bertz CT molecular complexity index is 456. The topological polar surface area (TPSA) is 41.5 Å². The second-order valence-corrected chi connectivity index (χ2v) is 6.79. The third-order valence-corrected chi connectivity index (χ3v) is 5.19. The van der Waals surface area contributed by atoms with Gasteiger partial charge in [0, 0.05) is 34.5 Å². The SMILES string of the molecule is COc1cc(Cl)cc(CNC2CCCC(SC)C2)c1O. The number of hydrogen-bond donors (Lipinski definition) is 2. The van der Waals surface area contributed by atoms with Crippen molar-refractivity contribution < 1.29 is 9.84 Å². The molecule has 2 rings (SSSR count). The summed E-state index contributed by atoms with van der Waals surface area (Å²) in [5, 5.41) is 15.0. The van der Waals surface area contributed by atoms with Crippen LogP contribution in [-0.4, -0.2) is 29.8 Å². The van der Waals surface area contributed by atoms with Crippen LogP contribution in [-0.2, 0) is 6.54 Å². The van der Waals surface area contributed by atoms with Crippen molar-refractivity contribution in [2.45, 2.75) is 43.5 Å². The Labute approximate surface area is 130 Å². The number of hydrogen-bond acceptors (Lipinski definition) is 4. The highest BCUT2D eigenvalue weighted by atomic mass is 35.5. The number of phenols is 1. The summed E-state index contributed by atoms with van der Waals surface area (Å²) in [4.78, 5) is 0. The maximum absolute atomic E-state index is 10.1. The molecule has 2 unspecified atom stereocenters. The number of rotatable bonds is 5. The van der Waals surface area contributed by atoms with Crippen molar-refractivity contribution in [3.63, 3.8) is 0 Å². The monoisotopic (exact) mass is 315 g/mol. The molecule has 0 bridgehead atoms. The number of halogens is 1. The first-order valence-electron chi connectivity index (χ1n) is 6.95. The van der Waals surface area contributed by atoms with Crippen LogP contribution in [0.2, 0.25) is 5.02 Å². The van der Waals surface area contributed by atoms with Crippen LogP contribution in [0, 0.1) is 0 Å². The Morgan fingerprint density at radius 3 is 2.95 bits per heavy atom. The first-order valence-corrected chi connectivity index (χ1v) is 8.62. The maximum atomic E-state index is 10.1. The van der Waals surface area contributed by atoms with Gasteiger partial charge in [-0.05, 0) is 31.6 Å². The van der Waals surface area contributed by atoms with Crippen LogP contribution in [0.1, 0.15) is 31.2 Å². The van der Waals surface area contributed by atoms with Crippen molar-refractivity contribution in [2.24, 2.45) is 0 Å². The molecule has 0 aromatic heterocycles. The van der Waals surface area contributed by atoms with Crippen LogP contribution >= 0.6 is 23.4 Å². The Kier molecular flexibility index (Phi) is 5.87. The van der Waals surface area contributed by atoms with Crippen molar-refractivity contribution in [2.75, 3.05) is 13.4 Å². The molecule has 1 fully saturated rings. The summed E-state index contributed by atoms with van der Waals surface area (Å²) in [7, 11) is 1.53. The lowest BCUT2D eigenvalue weighted by Gasteiger charge is -2.29. The second-order valence-electron chi connectivity index (χ2n) is 5.22. The van der Waals surface area contributed by atoms with E-state index in [1.807, 2.05) is 11.8 Å². The van der Waals surface area contributed by atoms with Crippen molar-refractivity contribution in [3.05, 3.63) is 22.7 Å². The highest BCUT2D eigenvalue weighted by Gasteiger charge is 2.21. The van der Waals surface area contributed by atoms with E-state index in [4.69, 9.17) is 16.3 Å². The van der Waals surface area contributed by atoms with E-state index in [-0.39, 0.29) is 5.75 Å². The van der Waals surface area contributed by atoms with Crippen LogP contribution in [0.25, 0.3) is 0 Å². The van der Waals surface area contributed by atoms with Gasteiger partial charge < -0.3 is 15.2 Å². The molecule has 0 saturated heterocycles. The zero-order valence-electron chi connectivity index (χ0n) is 12.0. The van der Waals surface area contributed by atoms with E-state index in [1.54, 1.807) is 12.1 Å². The summed E-state index contributed by atoms with van der Waals surface area (Å²) >= 11 is 8.00. The molecule has 3 nitrogen and oxygen atoms in total.